The van der Waals surface area contributed by atoms with Crippen molar-refractivity contribution >= 4 is 11.8 Å². The Bertz CT molecular complexity index is 481. The van der Waals surface area contributed by atoms with Crippen LogP contribution < -0.4 is 5.73 Å². The smallest absolute Gasteiger partial charge is 0.110 e. The molecule has 0 saturated carbocycles. The van der Waals surface area contributed by atoms with Crippen LogP contribution in [0, 0.1) is 0 Å². The maximum Gasteiger partial charge on any atom is 0.110 e. The van der Waals surface area contributed by atoms with E-state index in [2.05, 4.69) is 40.7 Å². The standard InChI is InChI=1S/C15H21N3S/c1-2-13(16)12-15-17-8-9-18(15)10-11-19-14-6-4-3-5-7-14/h3-9,13H,2,10-12,16H2,1H3. The van der Waals surface area contributed by atoms with E-state index in [0.29, 0.717) is 0 Å². The molecule has 0 aliphatic rings. The van der Waals surface area contributed by atoms with E-state index >= 15 is 0 Å². The first-order chi connectivity index (χ1) is 9.29. The van der Waals surface area contributed by atoms with Crippen LogP contribution in [0.2, 0.25) is 0 Å². The van der Waals surface area contributed by atoms with Gasteiger partial charge in [0.2, 0.25) is 0 Å². The fourth-order valence-corrected chi connectivity index (χ4v) is 2.76. The third-order valence-electron chi connectivity index (χ3n) is 3.11. The second-order valence-electron chi connectivity index (χ2n) is 4.57. The molecule has 19 heavy (non-hydrogen) atoms. The molecule has 2 aromatic rings. The van der Waals surface area contributed by atoms with E-state index in [9.17, 15) is 0 Å². The van der Waals surface area contributed by atoms with E-state index in [4.69, 9.17) is 5.73 Å². The minimum atomic E-state index is 0.211. The van der Waals surface area contributed by atoms with Crippen LogP contribution in [0.25, 0.3) is 0 Å². The number of imidazole rings is 1. The van der Waals surface area contributed by atoms with Crippen molar-refractivity contribution in [3.8, 4) is 0 Å². The minimum Gasteiger partial charge on any atom is -0.334 e. The molecule has 1 atom stereocenters. The predicted molar refractivity (Wildman–Crippen MR) is 81.4 cm³/mol. The van der Waals surface area contributed by atoms with Gasteiger partial charge in [0.05, 0.1) is 0 Å². The summed E-state index contributed by atoms with van der Waals surface area (Å²) in [5, 5.41) is 0. The number of hydrogen-bond acceptors (Lipinski definition) is 3. The summed E-state index contributed by atoms with van der Waals surface area (Å²) in [6.07, 6.45) is 5.76. The molecule has 0 spiro atoms. The molecule has 0 amide bonds. The molecule has 0 fully saturated rings. The summed E-state index contributed by atoms with van der Waals surface area (Å²) in [6, 6.07) is 10.7. The van der Waals surface area contributed by atoms with Gasteiger partial charge in [0.15, 0.2) is 0 Å². The van der Waals surface area contributed by atoms with Gasteiger partial charge >= 0.3 is 0 Å². The molecule has 2 N–H and O–H groups in total. The predicted octanol–water partition coefficient (Wildman–Crippen LogP) is 2.96. The van der Waals surface area contributed by atoms with Crippen molar-refractivity contribution in [2.24, 2.45) is 5.73 Å². The number of hydrogen-bond donors (Lipinski definition) is 1. The molecule has 0 radical (unpaired) electrons. The van der Waals surface area contributed by atoms with Gasteiger partial charge in [-0.2, -0.15) is 0 Å². The summed E-state index contributed by atoms with van der Waals surface area (Å²) in [5.74, 6) is 2.15. The quantitative estimate of drug-likeness (QED) is 0.790. The molecule has 0 saturated heterocycles. The molecular weight excluding hydrogens is 254 g/mol. The molecule has 1 unspecified atom stereocenters. The molecule has 1 heterocycles. The normalized spacial score (nSPS) is 12.5. The summed E-state index contributed by atoms with van der Waals surface area (Å²) < 4.78 is 2.21. The first kappa shape index (κ1) is 14.2. The molecular formula is C15H21N3S. The lowest BCUT2D eigenvalue weighted by atomic mass is 10.1. The number of nitrogens with zero attached hydrogens (tertiary/aromatic N) is 2. The van der Waals surface area contributed by atoms with Gasteiger partial charge in [-0.15, -0.1) is 11.8 Å². The monoisotopic (exact) mass is 275 g/mol. The van der Waals surface area contributed by atoms with Crippen LogP contribution in [0.4, 0.5) is 0 Å². The van der Waals surface area contributed by atoms with Crippen molar-refractivity contribution < 1.29 is 0 Å². The third kappa shape index (κ3) is 4.40. The zero-order chi connectivity index (χ0) is 13.5. The first-order valence-corrected chi connectivity index (χ1v) is 7.71. The molecule has 1 aromatic heterocycles. The zero-order valence-corrected chi connectivity index (χ0v) is 12.1. The zero-order valence-electron chi connectivity index (χ0n) is 11.3. The Kier molecular flexibility index (Phi) is 5.48. The average molecular weight is 275 g/mol. The molecule has 0 aliphatic heterocycles. The topological polar surface area (TPSA) is 43.8 Å². The van der Waals surface area contributed by atoms with Gasteiger partial charge in [-0.3, -0.25) is 0 Å². The maximum atomic E-state index is 5.99. The van der Waals surface area contributed by atoms with Crippen LogP contribution in [0.3, 0.4) is 0 Å². The van der Waals surface area contributed by atoms with Crippen molar-refractivity contribution in [3.63, 3.8) is 0 Å². The molecule has 0 bridgehead atoms. The SMILES string of the molecule is CCC(N)Cc1nccn1CCSc1ccccc1. The fraction of sp³-hybridized carbons (Fsp3) is 0.400. The minimum absolute atomic E-state index is 0.211. The number of nitrogens with two attached hydrogens (primary N) is 1. The van der Waals surface area contributed by atoms with Gasteiger partial charge < -0.3 is 10.3 Å². The fourth-order valence-electron chi connectivity index (χ4n) is 1.89. The Balaban J connectivity index is 1.84. The van der Waals surface area contributed by atoms with E-state index in [1.54, 1.807) is 0 Å². The Hall–Kier alpha value is -1.26. The number of thioether (sulfide) groups is 1. The van der Waals surface area contributed by atoms with Gasteiger partial charge in [0.25, 0.3) is 0 Å². The molecule has 102 valence electrons. The van der Waals surface area contributed by atoms with E-state index in [-0.39, 0.29) is 6.04 Å². The number of benzene rings is 1. The number of aryl methyl sites for hydroxylation is 1. The molecule has 1 aromatic carbocycles. The van der Waals surface area contributed by atoms with Crippen molar-refractivity contribution in [1.82, 2.24) is 9.55 Å². The Morgan fingerprint density at radius 3 is 2.84 bits per heavy atom. The highest BCUT2D eigenvalue weighted by atomic mass is 32.2. The second kappa shape index (κ2) is 7.36. The van der Waals surface area contributed by atoms with Gasteiger partial charge in [0, 0.05) is 42.0 Å². The van der Waals surface area contributed by atoms with Crippen LogP contribution in [-0.4, -0.2) is 21.3 Å². The summed E-state index contributed by atoms with van der Waals surface area (Å²) in [4.78, 5) is 5.72. The van der Waals surface area contributed by atoms with Crippen LogP contribution in [0.15, 0.2) is 47.6 Å². The van der Waals surface area contributed by atoms with E-state index < -0.39 is 0 Å². The third-order valence-corrected chi connectivity index (χ3v) is 4.11. The molecule has 0 aliphatic carbocycles. The lowest BCUT2D eigenvalue weighted by Gasteiger charge is -2.11. The van der Waals surface area contributed by atoms with E-state index in [1.807, 2.05) is 30.2 Å². The first-order valence-electron chi connectivity index (χ1n) is 6.73. The molecule has 2 rings (SSSR count). The second-order valence-corrected chi connectivity index (χ2v) is 5.74. The Morgan fingerprint density at radius 2 is 2.11 bits per heavy atom. The highest BCUT2D eigenvalue weighted by molar-refractivity contribution is 7.99. The van der Waals surface area contributed by atoms with Gasteiger partial charge in [-0.25, -0.2) is 4.98 Å². The summed E-state index contributed by atoms with van der Waals surface area (Å²) in [6.45, 7) is 3.09. The van der Waals surface area contributed by atoms with Crippen LogP contribution in [0.1, 0.15) is 19.2 Å². The molecule has 4 heteroatoms. The van der Waals surface area contributed by atoms with Crippen molar-refractivity contribution in [3.05, 3.63) is 48.5 Å². The van der Waals surface area contributed by atoms with Gasteiger partial charge in [0.1, 0.15) is 5.82 Å². The van der Waals surface area contributed by atoms with E-state index in [1.165, 1.54) is 4.90 Å². The van der Waals surface area contributed by atoms with Gasteiger partial charge in [-0.05, 0) is 18.6 Å². The maximum absolute atomic E-state index is 5.99. The largest absolute Gasteiger partial charge is 0.334 e. The lowest BCUT2D eigenvalue weighted by molar-refractivity contribution is 0.593. The lowest BCUT2D eigenvalue weighted by Crippen LogP contribution is -2.23. The highest BCUT2D eigenvalue weighted by Crippen LogP contribution is 2.17. The van der Waals surface area contributed by atoms with Crippen molar-refractivity contribution in [1.29, 1.82) is 0 Å². The summed E-state index contributed by atoms with van der Waals surface area (Å²) in [7, 11) is 0. The summed E-state index contributed by atoms with van der Waals surface area (Å²) >= 11 is 1.87. The molecule has 3 nitrogen and oxygen atoms in total. The number of rotatable bonds is 7. The highest BCUT2D eigenvalue weighted by Gasteiger charge is 2.07. The van der Waals surface area contributed by atoms with Crippen molar-refractivity contribution in [2.45, 2.75) is 37.2 Å². The average Bonchev–Trinajstić information content (AvgIpc) is 2.87. The van der Waals surface area contributed by atoms with Crippen LogP contribution in [-0.2, 0) is 13.0 Å². The van der Waals surface area contributed by atoms with Crippen LogP contribution >= 0.6 is 11.8 Å². The Labute approximate surface area is 119 Å². The van der Waals surface area contributed by atoms with Gasteiger partial charge in [-0.1, -0.05) is 25.1 Å². The summed E-state index contributed by atoms with van der Waals surface area (Å²) in [5.41, 5.74) is 5.99. The number of aromatic nitrogens is 2. The van der Waals surface area contributed by atoms with Crippen molar-refractivity contribution in [2.75, 3.05) is 5.75 Å². The van der Waals surface area contributed by atoms with Crippen LogP contribution in [0.5, 0.6) is 0 Å². The Morgan fingerprint density at radius 1 is 1.32 bits per heavy atom. The van der Waals surface area contributed by atoms with E-state index in [0.717, 1.165) is 31.0 Å².